The predicted molar refractivity (Wildman–Crippen MR) is 97.6 cm³/mol. The van der Waals surface area contributed by atoms with Crippen LogP contribution in [-0.4, -0.2) is 40.8 Å². The molecule has 5 nitrogen and oxygen atoms in total. The lowest BCUT2D eigenvalue weighted by molar-refractivity contribution is 0.0824. The number of aliphatic hydroxyl groups excluding tert-OH is 1. The molecule has 5 heteroatoms. The van der Waals surface area contributed by atoms with Crippen molar-refractivity contribution >= 4 is 0 Å². The number of nitrogens with zero attached hydrogens (tertiary/aromatic N) is 2. The van der Waals surface area contributed by atoms with Gasteiger partial charge >= 0.3 is 0 Å². The van der Waals surface area contributed by atoms with Gasteiger partial charge in [-0.3, -0.25) is 0 Å². The number of aliphatic hydroxyl groups is 1. The molecule has 134 valence electrons. The normalized spacial score (nSPS) is 29.5. The standard InChI is InChI=1S/C21H22N2O3/c1-23-11-9-21-8-7-15(24)12-17(21)26-20-16(6-5-14(13-23)19(20)21)25-18-4-2-3-10-22-18/h2-8,10,15,17,24H,9,11-13H2,1H3/t15-,17?,21-/m0/s1. The Morgan fingerprint density at radius 1 is 1.31 bits per heavy atom. The molecule has 0 amide bonds. The molecular formula is C21H22N2O3. The third-order valence-corrected chi connectivity index (χ3v) is 5.78. The van der Waals surface area contributed by atoms with E-state index in [2.05, 4.69) is 29.1 Å². The fourth-order valence-corrected chi connectivity index (χ4v) is 4.52. The Morgan fingerprint density at radius 3 is 3.08 bits per heavy atom. The number of aromatic nitrogens is 1. The van der Waals surface area contributed by atoms with E-state index in [1.807, 2.05) is 30.3 Å². The molecule has 3 aliphatic rings. The fraction of sp³-hybridized carbons (Fsp3) is 0.381. The van der Waals surface area contributed by atoms with Crippen LogP contribution in [0, 0.1) is 0 Å². The zero-order valence-electron chi connectivity index (χ0n) is 14.8. The highest BCUT2D eigenvalue weighted by molar-refractivity contribution is 5.61. The van der Waals surface area contributed by atoms with Crippen LogP contribution < -0.4 is 9.47 Å². The summed E-state index contributed by atoms with van der Waals surface area (Å²) >= 11 is 0. The molecule has 0 bridgehead atoms. The van der Waals surface area contributed by atoms with Crippen LogP contribution in [0.15, 0.2) is 48.7 Å². The molecule has 1 spiro atoms. The molecule has 1 aromatic heterocycles. The van der Waals surface area contributed by atoms with Crippen LogP contribution in [0.3, 0.4) is 0 Å². The number of pyridine rings is 1. The van der Waals surface area contributed by atoms with Crippen molar-refractivity contribution in [3.05, 3.63) is 59.8 Å². The van der Waals surface area contributed by atoms with E-state index in [0.29, 0.717) is 18.1 Å². The van der Waals surface area contributed by atoms with Crippen molar-refractivity contribution < 1.29 is 14.6 Å². The van der Waals surface area contributed by atoms with Crippen LogP contribution in [0.2, 0.25) is 0 Å². The summed E-state index contributed by atoms with van der Waals surface area (Å²) in [5.41, 5.74) is 2.32. The SMILES string of the molecule is CN1CC[C@@]23C=C[C@H](O)CC2Oc2c(Oc4ccccn4)ccc(c23)C1. The monoisotopic (exact) mass is 350 g/mol. The summed E-state index contributed by atoms with van der Waals surface area (Å²) in [5.74, 6) is 2.06. The van der Waals surface area contributed by atoms with Gasteiger partial charge in [0.1, 0.15) is 6.10 Å². The number of hydrogen-bond acceptors (Lipinski definition) is 5. The molecule has 0 fully saturated rings. The second kappa shape index (κ2) is 5.83. The third-order valence-electron chi connectivity index (χ3n) is 5.78. The maximum atomic E-state index is 10.1. The van der Waals surface area contributed by atoms with Crippen LogP contribution in [0.5, 0.6) is 17.4 Å². The van der Waals surface area contributed by atoms with Gasteiger partial charge in [-0.2, -0.15) is 0 Å². The van der Waals surface area contributed by atoms with Crippen molar-refractivity contribution in [3.8, 4) is 17.4 Å². The topological polar surface area (TPSA) is 54.8 Å². The summed E-state index contributed by atoms with van der Waals surface area (Å²) < 4.78 is 12.5. The molecule has 3 atom stereocenters. The Labute approximate surface area is 152 Å². The van der Waals surface area contributed by atoms with Crippen LogP contribution in [-0.2, 0) is 12.0 Å². The third kappa shape index (κ3) is 2.35. The molecule has 1 aliphatic carbocycles. The van der Waals surface area contributed by atoms with E-state index in [1.165, 1.54) is 11.1 Å². The molecule has 1 N–H and O–H groups in total. The van der Waals surface area contributed by atoms with E-state index in [-0.39, 0.29) is 11.5 Å². The van der Waals surface area contributed by atoms with E-state index >= 15 is 0 Å². The Bertz CT molecular complexity index is 867. The van der Waals surface area contributed by atoms with Gasteiger partial charge in [0, 0.05) is 30.8 Å². The van der Waals surface area contributed by atoms with Gasteiger partial charge in [-0.05, 0) is 37.7 Å². The minimum absolute atomic E-state index is 0.0590. The molecule has 1 unspecified atom stereocenters. The van der Waals surface area contributed by atoms with Crippen LogP contribution >= 0.6 is 0 Å². The highest BCUT2D eigenvalue weighted by Gasteiger charge is 2.52. The molecule has 0 radical (unpaired) electrons. The summed E-state index contributed by atoms with van der Waals surface area (Å²) in [5, 5.41) is 10.1. The Hall–Kier alpha value is -2.37. The van der Waals surface area contributed by atoms with Gasteiger partial charge < -0.3 is 19.5 Å². The first-order valence-electron chi connectivity index (χ1n) is 9.13. The minimum atomic E-state index is -0.454. The second-order valence-electron chi connectivity index (χ2n) is 7.49. The quantitative estimate of drug-likeness (QED) is 0.844. The lowest BCUT2D eigenvalue weighted by Crippen LogP contribution is -2.42. The first-order valence-corrected chi connectivity index (χ1v) is 9.13. The van der Waals surface area contributed by atoms with Gasteiger partial charge in [-0.15, -0.1) is 0 Å². The van der Waals surface area contributed by atoms with Gasteiger partial charge in [-0.25, -0.2) is 4.98 Å². The molecule has 3 heterocycles. The number of rotatable bonds is 2. The van der Waals surface area contributed by atoms with Crippen LogP contribution in [0.4, 0.5) is 0 Å². The second-order valence-corrected chi connectivity index (χ2v) is 7.49. The van der Waals surface area contributed by atoms with E-state index < -0.39 is 6.10 Å². The van der Waals surface area contributed by atoms with E-state index in [9.17, 15) is 5.11 Å². The average molecular weight is 350 g/mol. The van der Waals surface area contributed by atoms with Gasteiger partial charge in [0.15, 0.2) is 11.5 Å². The van der Waals surface area contributed by atoms with Crippen molar-refractivity contribution in [2.45, 2.75) is 37.0 Å². The maximum absolute atomic E-state index is 10.1. The average Bonchev–Trinajstić information content (AvgIpc) is 2.90. The summed E-state index contributed by atoms with van der Waals surface area (Å²) in [6.45, 7) is 1.88. The molecule has 2 aromatic rings. The number of benzene rings is 1. The van der Waals surface area contributed by atoms with Crippen LogP contribution in [0.25, 0.3) is 0 Å². The number of ether oxygens (including phenoxy) is 2. The van der Waals surface area contributed by atoms with Gasteiger partial charge in [0.2, 0.25) is 5.88 Å². The smallest absolute Gasteiger partial charge is 0.219 e. The van der Waals surface area contributed by atoms with E-state index in [1.54, 1.807) is 6.20 Å². The largest absolute Gasteiger partial charge is 0.485 e. The summed E-state index contributed by atoms with van der Waals surface area (Å²) in [4.78, 5) is 6.61. The van der Waals surface area contributed by atoms with Crippen molar-refractivity contribution in [1.29, 1.82) is 0 Å². The molecular weight excluding hydrogens is 328 g/mol. The van der Waals surface area contributed by atoms with Gasteiger partial charge in [-0.1, -0.05) is 24.3 Å². The van der Waals surface area contributed by atoms with Crippen LogP contribution in [0.1, 0.15) is 24.0 Å². The van der Waals surface area contributed by atoms with Crippen molar-refractivity contribution in [2.24, 2.45) is 0 Å². The Morgan fingerprint density at radius 2 is 2.23 bits per heavy atom. The maximum Gasteiger partial charge on any atom is 0.219 e. The van der Waals surface area contributed by atoms with Crippen molar-refractivity contribution in [2.75, 3.05) is 13.6 Å². The Balaban J connectivity index is 1.65. The number of hydrogen-bond donors (Lipinski definition) is 1. The molecule has 2 aliphatic heterocycles. The molecule has 0 saturated heterocycles. The van der Waals surface area contributed by atoms with Gasteiger partial charge in [0.05, 0.1) is 11.5 Å². The zero-order chi connectivity index (χ0) is 17.7. The lowest BCUT2D eigenvalue weighted by Gasteiger charge is -2.35. The fourth-order valence-electron chi connectivity index (χ4n) is 4.52. The Kier molecular flexibility index (Phi) is 3.55. The minimum Gasteiger partial charge on any atom is -0.485 e. The summed E-state index contributed by atoms with van der Waals surface area (Å²) in [6, 6.07) is 9.73. The molecule has 0 saturated carbocycles. The molecule has 5 rings (SSSR count). The lowest BCUT2D eigenvalue weighted by atomic mass is 9.69. The highest BCUT2D eigenvalue weighted by atomic mass is 16.5. The zero-order valence-corrected chi connectivity index (χ0v) is 14.8. The predicted octanol–water partition coefficient (Wildman–Crippen LogP) is 3.03. The highest BCUT2D eigenvalue weighted by Crippen LogP contribution is 2.56. The summed E-state index contributed by atoms with van der Waals surface area (Å²) in [6.07, 6.45) is 6.89. The molecule has 1 aromatic carbocycles. The van der Waals surface area contributed by atoms with Gasteiger partial charge in [0.25, 0.3) is 0 Å². The van der Waals surface area contributed by atoms with Crippen molar-refractivity contribution in [1.82, 2.24) is 9.88 Å². The first kappa shape index (κ1) is 15.9. The van der Waals surface area contributed by atoms with Crippen molar-refractivity contribution in [3.63, 3.8) is 0 Å². The van der Waals surface area contributed by atoms with E-state index in [0.717, 1.165) is 25.3 Å². The van der Waals surface area contributed by atoms with E-state index in [4.69, 9.17) is 9.47 Å². The molecule has 26 heavy (non-hydrogen) atoms. The summed E-state index contributed by atoms with van der Waals surface area (Å²) in [7, 11) is 2.15. The first-order chi connectivity index (χ1) is 12.7.